The van der Waals surface area contributed by atoms with E-state index in [-0.39, 0.29) is 31.6 Å². The van der Waals surface area contributed by atoms with Gasteiger partial charge < -0.3 is 14.8 Å². The molecule has 2 aromatic rings. The molecular formula is C17H18F3NO3. The number of nitrogens with one attached hydrogen (secondary N) is 1. The van der Waals surface area contributed by atoms with Gasteiger partial charge in [-0.1, -0.05) is 18.2 Å². The van der Waals surface area contributed by atoms with Crippen LogP contribution < -0.4 is 5.32 Å². The quantitative estimate of drug-likeness (QED) is 0.896. The van der Waals surface area contributed by atoms with E-state index in [4.69, 9.17) is 4.42 Å². The average molecular weight is 341 g/mol. The number of carbonyl (C=O) groups excluding carboxylic acids is 1. The molecule has 1 aliphatic rings. The molecule has 0 bridgehead atoms. The third-order valence-corrected chi connectivity index (χ3v) is 4.51. The lowest BCUT2D eigenvalue weighted by Crippen LogP contribution is -2.48. The van der Waals surface area contributed by atoms with Crippen molar-refractivity contribution < 1.29 is 27.5 Å². The van der Waals surface area contributed by atoms with Crippen LogP contribution in [0.3, 0.4) is 0 Å². The maximum absolute atomic E-state index is 12.9. The maximum atomic E-state index is 12.9. The zero-order chi connectivity index (χ0) is 17.4. The number of amides is 1. The molecule has 1 aromatic heterocycles. The van der Waals surface area contributed by atoms with E-state index in [1.165, 1.54) is 0 Å². The molecule has 0 aliphatic heterocycles. The van der Waals surface area contributed by atoms with E-state index in [2.05, 4.69) is 5.32 Å². The Bertz CT molecular complexity index is 707. The van der Waals surface area contributed by atoms with Crippen molar-refractivity contribution in [2.45, 2.75) is 37.5 Å². The van der Waals surface area contributed by atoms with Crippen molar-refractivity contribution >= 4 is 16.9 Å². The van der Waals surface area contributed by atoms with E-state index >= 15 is 0 Å². The van der Waals surface area contributed by atoms with Gasteiger partial charge in [-0.3, -0.25) is 4.79 Å². The van der Waals surface area contributed by atoms with Crippen molar-refractivity contribution in [2.24, 2.45) is 5.92 Å². The summed E-state index contributed by atoms with van der Waals surface area (Å²) in [6.07, 6.45) is -4.18. The highest BCUT2D eigenvalue weighted by Gasteiger charge is 2.47. The lowest BCUT2D eigenvalue weighted by atomic mass is 9.77. The van der Waals surface area contributed by atoms with Gasteiger partial charge in [0.05, 0.1) is 11.5 Å². The number of furan rings is 1. The summed E-state index contributed by atoms with van der Waals surface area (Å²) in [5.74, 6) is -2.00. The van der Waals surface area contributed by atoms with Crippen molar-refractivity contribution in [3.63, 3.8) is 0 Å². The van der Waals surface area contributed by atoms with Crippen LogP contribution in [0.5, 0.6) is 0 Å². The summed E-state index contributed by atoms with van der Waals surface area (Å²) in [6, 6.07) is 8.65. The van der Waals surface area contributed by atoms with E-state index in [0.29, 0.717) is 5.58 Å². The number of hydrogen-bond acceptors (Lipinski definition) is 3. The predicted molar refractivity (Wildman–Crippen MR) is 81.5 cm³/mol. The second kappa shape index (κ2) is 6.12. The number of carbonyl (C=O) groups is 1. The fraction of sp³-hybridized carbons (Fsp3) is 0.471. The summed E-state index contributed by atoms with van der Waals surface area (Å²) in [6.45, 7) is -0.227. The van der Waals surface area contributed by atoms with Gasteiger partial charge in [-0.25, -0.2) is 0 Å². The van der Waals surface area contributed by atoms with E-state index in [0.717, 1.165) is 5.39 Å². The molecule has 0 spiro atoms. The Morgan fingerprint density at radius 1 is 1.38 bits per heavy atom. The minimum Gasteiger partial charge on any atom is -0.451 e. The summed E-state index contributed by atoms with van der Waals surface area (Å²) in [5, 5.41) is 13.6. The van der Waals surface area contributed by atoms with Crippen LogP contribution in [0.25, 0.3) is 11.0 Å². The Morgan fingerprint density at radius 3 is 2.83 bits per heavy atom. The molecule has 4 nitrogen and oxygen atoms in total. The summed E-state index contributed by atoms with van der Waals surface area (Å²) >= 11 is 0. The molecular weight excluding hydrogens is 323 g/mol. The van der Waals surface area contributed by atoms with Crippen LogP contribution in [-0.2, 0) is 0 Å². The minimum atomic E-state index is -4.32. The molecule has 1 saturated carbocycles. The monoisotopic (exact) mass is 341 g/mol. The third-order valence-electron chi connectivity index (χ3n) is 4.51. The average Bonchev–Trinajstić information content (AvgIpc) is 2.96. The molecule has 2 unspecified atom stereocenters. The van der Waals surface area contributed by atoms with Gasteiger partial charge >= 0.3 is 6.18 Å². The van der Waals surface area contributed by atoms with E-state index in [1.807, 2.05) is 6.07 Å². The summed E-state index contributed by atoms with van der Waals surface area (Å²) in [4.78, 5) is 12.1. The lowest BCUT2D eigenvalue weighted by molar-refractivity contribution is -0.199. The zero-order valence-corrected chi connectivity index (χ0v) is 12.9. The van der Waals surface area contributed by atoms with Gasteiger partial charge in [0.15, 0.2) is 5.76 Å². The Labute approximate surface area is 136 Å². The van der Waals surface area contributed by atoms with Crippen molar-refractivity contribution in [1.29, 1.82) is 0 Å². The highest BCUT2D eigenvalue weighted by Crippen LogP contribution is 2.41. The van der Waals surface area contributed by atoms with E-state index < -0.39 is 30.0 Å². The zero-order valence-electron chi connectivity index (χ0n) is 12.9. The van der Waals surface area contributed by atoms with E-state index in [1.54, 1.807) is 24.3 Å². The molecule has 3 rings (SSSR count). The Hall–Kier alpha value is -2.02. The predicted octanol–water partition coefficient (Wildman–Crippen LogP) is 3.65. The van der Waals surface area contributed by atoms with Gasteiger partial charge in [0.1, 0.15) is 5.58 Å². The number of halogens is 3. The first-order chi connectivity index (χ1) is 11.3. The second-order valence-electron chi connectivity index (χ2n) is 6.39. The van der Waals surface area contributed by atoms with Crippen LogP contribution in [0.1, 0.15) is 36.2 Å². The standard InChI is InChI=1S/C17H18F3NO3/c18-17(19,20)12-5-3-7-16(23,9-12)10-21-15(22)14-8-11-4-1-2-6-13(11)24-14/h1-2,4,6,8,12,23H,3,5,7,9-10H2,(H,21,22). The molecule has 7 heteroatoms. The molecule has 1 aromatic carbocycles. The second-order valence-corrected chi connectivity index (χ2v) is 6.39. The van der Waals surface area contributed by atoms with Crippen LogP contribution in [-0.4, -0.2) is 29.3 Å². The molecule has 130 valence electrons. The Balaban J connectivity index is 1.64. The number of aliphatic hydroxyl groups is 1. The number of para-hydroxylation sites is 1. The van der Waals surface area contributed by atoms with Crippen molar-refractivity contribution in [3.05, 3.63) is 36.1 Å². The topological polar surface area (TPSA) is 62.5 Å². The SMILES string of the molecule is O=C(NCC1(O)CCCC(C(F)(F)F)C1)c1cc2ccccc2o1. The molecule has 1 aliphatic carbocycles. The maximum Gasteiger partial charge on any atom is 0.391 e. The van der Waals surface area contributed by atoms with Crippen LogP contribution in [0.4, 0.5) is 13.2 Å². The van der Waals surface area contributed by atoms with E-state index in [9.17, 15) is 23.1 Å². The molecule has 2 atom stereocenters. The molecule has 1 heterocycles. The fourth-order valence-corrected chi connectivity index (χ4v) is 3.21. The summed E-state index contributed by atoms with van der Waals surface area (Å²) < 4.78 is 44.0. The van der Waals surface area contributed by atoms with Crippen molar-refractivity contribution in [3.8, 4) is 0 Å². The van der Waals surface area contributed by atoms with Gasteiger partial charge in [-0.05, 0) is 37.8 Å². The van der Waals surface area contributed by atoms with Crippen LogP contribution in [0.15, 0.2) is 34.7 Å². The van der Waals surface area contributed by atoms with Gasteiger partial charge in [0.25, 0.3) is 5.91 Å². The first-order valence-electron chi connectivity index (χ1n) is 7.83. The Kier molecular flexibility index (Phi) is 4.29. The van der Waals surface area contributed by atoms with Gasteiger partial charge in [-0.15, -0.1) is 0 Å². The smallest absolute Gasteiger partial charge is 0.391 e. The molecule has 0 radical (unpaired) electrons. The molecule has 2 N–H and O–H groups in total. The number of hydrogen-bond donors (Lipinski definition) is 2. The molecule has 24 heavy (non-hydrogen) atoms. The van der Waals surface area contributed by atoms with Gasteiger partial charge in [0, 0.05) is 11.9 Å². The number of fused-ring (bicyclic) bond motifs is 1. The third kappa shape index (κ3) is 3.56. The number of alkyl halides is 3. The molecule has 0 saturated heterocycles. The minimum absolute atomic E-state index is 0.0172. The fourth-order valence-electron chi connectivity index (χ4n) is 3.21. The molecule has 1 fully saturated rings. The van der Waals surface area contributed by atoms with Crippen LogP contribution in [0, 0.1) is 5.92 Å². The van der Waals surface area contributed by atoms with Crippen LogP contribution in [0.2, 0.25) is 0 Å². The molecule has 1 amide bonds. The lowest BCUT2D eigenvalue weighted by Gasteiger charge is -2.37. The largest absolute Gasteiger partial charge is 0.451 e. The van der Waals surface area contributed by atoms with Crippen molar-refractivity contribution in [1.82, 2.24) is 5.32 Å². The Morgan fingerprint density at radius 2 is 2.12 bits per heavy atom. The van der Waals surface area contributed by atoms with Gasteiger partial charge in [0.2, 0.25) is 0 Å². The van der Waals surface area contributed by atoms with Gasteiger partial charge in [-0.2, -0.15) is 13.2 Å². The first kappa shape index (κ1) is 16.8. The van der Waals surface area contributed by atoms with Crippen LogP contribution >= 0.6 is 0 Å². The number of rotatable bonds is 3. The first-order valence-corrected chi connectivity index (χ1v) is 7.83. The highest BCUT2D eigenvalue weighted by atomic mass is 19.4. The van der Waals surface area contributed by atoms with Crippen molar-refractivity contribution in [2.75, 3.05) is 6.54 Å². The summed E-state index contributed by atoms with van der Waals surface area (Å²) in [7, 11) is 0. The summed E-state index contributed by atoms with van der Waals surface area (Å²) in [5.41, 5.74) is -0.990. The number of benzene rings is 1. The highest BCUT2D eigenvalue weighted by molar-refractivity contribution is 5.96. The normalized spacial score (nSPS) is 24.9.